The zero-order chi connectivity index (χ0) is 37.4. The number of ether oxygens (including phenoxy) is 2. The van der Waals surface area contributed by atoms with E-state index in [9.17, 15) is 19.5 Å². The number of anilines is 1. The third kappa shape index (κ3) is 10.4. The van der Waals surface area contributed by atoms with Gasteiger partial charge in [-0.15, -0.1) is 0 Å². The summed E-state index contributed by atoms with van der Waals surface area (Å²) in [4.78, 5) is 47.0. The summed E-state index contributed by atoms with van der Waals surface area (Å²) in [6.07, 6.45) is 5.46. The summed E-state index contributed by atoms with van der Waals surface area (Å²) in [6.45, 7) is 9.77. The van der Waals surface area contributed by atoms with Crippen molar-refractivity contribution < 1.29 is 33.4 Å². The number of rotatable bonds is 6. The lowest BCUT2D eigenvalue weighted by Crippen LogP contribution is -2.48. The lowest BCUT2D eigenvalue weighted by molar-refractivity contribution is -0.151. The Hall–Kier alpha value is -4.22. The molecule has 0 spiro atoms. The largest absolute Gasteiger partial charge is 0.457 e. The second-order valence-electron chi connectivity index (χ2n) is 14.8. The number of nitrogens with zero attached hydrogens (tertiary/aromatic N) is 4. The molecule has 1 N–H and O–H groups in total. The van der Waals surface area contributed by atoms with E-state index in [0.29, 0.717) is 55.7 Å². The first-order chi connectivity index (χ1) is 24.9. The van der Waals surface area contributed by atoms with Crippen LogP contribution in [0.5, 0.6) is 0 Å². The number of halogens is 1. The Bertz CT molecular complexity index is 1580. The highest BCUT2D eigenvalue weighted by molar-refractivity contribution is 5.94. The molecule has 2 fully saturated rings. The predicted molar refractivity (Wildman–Crippen MR) is 200 cm³/mol. The van der Waals surface area contributed by atoms with Crippen molar-refractivity contribution in [2.45, 2.75) is 77.2 Å². The van der Waals surface area contributed by atoms with E-state index >= 15 is 4.39 Å². The van der Waals surface area contributed by atoms with Gasteiger partial charge >= 0.3 is 12.1 Å². The molecule has 0 unspecified atom stereocenters. The Labute approximate surface area is 307 Å². The second kappa shape index (κ2) is 18.0. The fourth-order valence-electron chi connectivity index (χ4n) is 7.29. The lowest BCUT2D eigenvalue weighted by atomic mass is 9.91. The third-order valence-electron chi connectivity index (χ3n) is 10.7. The maximum absolute atomic E-state index is 15.1. The lowest BCUT2D eigenvalue weighted by Gasteiger charge is -2.38. The van der Waals surface area contributed by atoms with Crippen LogP contribution in [0, 0.1) is 17.7 Å². The molecular formula is C41H55FN4O6. The topological polar surface area (TPSA) is 103 Å². The van der Waals surface area contributed by atoms with E-state index in [-0.39, 0.29) is 42.1 Å². The Balaban J connectivity index is 1.30. The summed E-state index contributed by atoms with van der Waals surface area (Å²) in [7, 11) is 3.98. The van der Waals surface area contributed by atoms with Crippen molar-refractivity contribution in [3.8, 4) is 0 Å². The second-order valence-corrected chi connectivity index (χ2v) is 14.8. The van der Waals surface area contributed by atoms with Gasteiger partial charge in [-0.05, 0) is 93.1 Å². The smallest absolute Gasteiger partial charge is 0.410 e. The highest BCUT2D eigenvalue weighted by Gasteiger charge is 2.30. The normalized spacial score (nSPS) is 26.5. The van der Waals surface area contributed by atoms with Crippen molar-refractivity contribution in [1.29, 1.82) is 0 Å². The van der Waals surface area contributed by atoms with Gasteiger partial charge in [0.05, 0.1) is 12.5 Å². The number of piperazine rings is 1. The molecule has 5 atom stereocenters. The molecule has 2 aromatic carbocycles. The monoisotopic (exact) mass is 718 g/mol. The number of carbonyl (C=O) groups is 3. The molecule has 0 saturated carbocycles. The minimum absolute atomic E-state index is 0.0260. The van der Waals surface area contributed by atoms with Gasteiger partial charge < -0.3 is 34.2 Å². The number of piperidine rings is 1. The van der Waals surface area contributed by atoms with Gasteiger partial charge in [-0.3, -0.25) is 9.59 Å². The number of hydrogen-bond donors (Lipinski definition) is 1. The fraction of sp³-hybridized carbons (Fsp3) is 0.537. The van der Waals surface area contributed by atoms with Crippen LogP contribution in [-0.4, -0.2) is 115 Å². The molecule has 0 bridgehead atoms. The predicted octanol–water partition coefficient (Wildman–Crippen LogP) is 6.01. The molecule has 0 aliphatic carbocycles. The maximum Gasteiger partial charge on any atom is 0.410 e. The molecule has 52 heavy (non-hydrogen) atoms. The number of amides is 2. The van der Waals surface area contributed by atoms with Crippen LogP contribution in [-0.2, 0) is 14.3 Å². The third-order valence-corrected chi connectivity index (χ3v) is 10.7. The first-order valence-corrected chi connectivity index (χ1v) is 18.6. The summed E-state index contributed by atoms with van der Waals surface area (Å²) < 4.78 is 27.1. The van der Waals surface area contributed by atoms with Crippen molar-refractivity contribution in [1.82, 2.24) is 14.7 Å². The van der Waals surface area contributed by atoms with Gasteiger partial charge in [0.1, 0.15) is 18.0 Å². The SMILES string of the molecule is C/C(=C\c1cc(F)cc(N(C)C2CCN(C(=O)c3ccccc3)CC2)c1)[C@H]1OC(=O)C[C@H](O)CC[C@H](C)[C@H](OC(=O)N2CCN(C)CC2)/C=C/[C@@H]1C. The summed E-state index contributed by atoms with van der Waals surface area (Å²) in [6, 6.07) is 14.3. The van der Waals surface area contributed by atoms with Crippen LogP contribution >= 0.6 is 0 Å². The summed E-state index contributed by atoms with van der Waals surface area (Å²) in [5.74, 6) is -1.26. The van der Waals surface area contributed by atoms with Gasteiger partial charge in [0.25, 0.3) is 5.91 Å². The average molecular weight is 719 g/mol. The van der Waals surface area contributed by atoms with Gasteiger partial charge in [-0.25, -0.2) is 9.18 Å². The number of benzene rings is 2. The zero-order valence-electron chi connectivity index (χ0n) is 31.2. The number of cyclic esters (lactones) is 1. The molecular weight excluding hydrogens is 663 g/mol. The summed E-state index contributed by atoms with van der Waals surface area (Å²) >= 11 is 0. The Kier molecular flexibility index (Phi) is 13.5. The number of aliphatic hydroxyl groups excluding tert-OH is 1. The molecule has 11 heteroatoms. The molecule has 3 aliphatic rings. The minimum Gasteiger partial charge on any atom is -0.457 e. The molecule has 282 valence electrons. The maximum atomic E-state index is 15.1. The van der Waals surface area contributed by atoms with E-state index in [1.807, 2.05) is 94.4 Å². The molecule has 2 amide bonds. The number of carbonyl (C=O) groups excluding carboxylic acids is 3. The molecule has 3 aliphatic heterocycles. The zero-order valence-corrected chi connectivity index (χ0v) is 31.2. The van der Waals surface area contributed by atoms with Crippen LogP contribution in [0.1, 0.15) is 68.8 Å². The molecule has 5 rings (SSSR count). The Morgan fingerprint density at radius 2 is 1.63 bits per heavy atom. The first kappa shape index (κ1) is 39.0. The van der Waals surface area contributed by atoms with Crippen molar-refractivity contribution in [3.05, 3.63) is 83.2 Å². The van der Waals surface area contributed by atoms with Crippen molar-refractivity contribution in [2.75, 3.05) is 58.3 Å². The molecule has 2 saturated heterocycles. The van der Waals surface area contributed by atoms with E-state index in [1.54, 1.807) is 4.90 Å². The quantitative estimate of drug-likeness (QED) is 0.287. The molecule has 3 heterocycles. The molecule has 10 nitrogen and oxygen atoms in total. The molecule has 2 aromatic rings. The fourth-order valence-corrected chi connectivity index (χ4v) is 7.29. The van der Waals surface area contributed by atoms with Crippen LogP contribution in [0.3, 0.4) is 0 Å². The van der Waals surface area contributed by atoms with Crippen molar-refractivity contribution in [2.24, 2.45) is 11.8 Å². The summed E-state index contributed by atoms with van der Waals surface area (Å²) in [5, 5.41) is 10.7. The van der Waals surface area contributed by atoms with Crippen molar-refractivity contribution >= 4 is 29.7 Å². The van der Waals surface area contributed by atoms with Crippen LogP contribution in [0.25, 0.3) is 6.08 Å². The van der Waals surface area contributed by atoms with Gasteiger partial charge in [0.2, 0.25) is 0 Å². The van der Waals surface area contributed by atoms with Gasteiger partial charge in [0.15, 0.2) is 0 Å². The van der Waals surface area contributed by atoms with Gasteiger partial charge in [0, 0.05) is 69.5 Å². The van der Waals surface area contributed by atoms with Gasteiger partial charge in [-0.1, -0.05) is 44.2 Å². The van der Waals surface area contributed by atoms with E-state index in [0.717, 1.165) is 31.6 Å². The number of likely N-dealkylation sites (N-methyl/N-ethyl adjacent to an activating group) is 1. The van der Waals surface area contributed by atoms with E-state index in [1.165, 1.54) is 12.1 Å². The number of aliphatic hydroxyl groups is 1. The first-order valence-electron chi connectivity index (χ1n) is 18.6. The van der Waals surface area contributed by atoms with Crippen LogP contribution in [0.15, 0.2) is 66.3 Å². The van der Waals surface area contributed by atoms with Crippen LogP contribution in [0.4, 0.5) is 14.9 Å². The Morgan fingerprint density at radius 1 is 0.942 bits per heavy atom. The molecule has 0 aromatic heterocycles. The highest BCUT2D eigenvalue weighted by atomic mass is 19.1. The van der Waals surface area contributed by atoms with Gasteiger partial charge in [-0.2, -0.15) is 0 Å². The highest BCUT2D eigenvalue weighted by Crippen LogP contribution is 2.29. The van der Waals surface area contributed by atoms with E-state index in [2.05, 4.69) is 9.80 Å². The van der Waals surface area contributed by atoms with E-state index in [4.69, 9.17) is 9.47 Å². The Morgan fingerprint density at radius 3 is 2.33 bits per heavy atom. The van der Waals surface area contributed by atoms with E-state index < -0.39 is 24.3 Å². The molecule has 0 radical (unpaired) electrons. The minimum atomic E-state index is -0.891. The summed E-state index contributed by atoms with van der Waals surface area (Å²) in [5.41, 5.74) is 2.74. The number of hydrogen-bond acceptors (Lipinski definition) is 8. The van der Waals surface area contributed by atoms with Crippen LogP contribution < -0.4 is 4.90 Å². The average Bonchev–Trinajstić information content (AvgIpc) is 3.13. The van der Waals surface area contributed by atoms with Crippen molar-refractivity contribution in [3.63, 3.8) is 0 Å². The number of likely N-dealkylation sites (tertiary alicyclic amines) is 1. The standard InChI is InChI=1S/C41H55FN4O6/c1-28-11-13-36(47)27-38(48)52-39(29(2)12-14-37(28)51-41(50)46-21-19-43(4)20-22-46)30(3)23-31-24-33(42)26-35(25-31)44(5)34-15-17-45(18-16-34)40(49)32-9-7-6-8-10-32/h6-10,12,14,23-26,28-29,34,36-37,39,47H,11,13,15-22,27H2,1-5H3/b14-12+,30-23+/t28-,29-,36+,37+,39-/m0/s1. The van der Waals surface area contributed by atoms with Crippen LogP contribution in [0.2, 0.25) is 0 Å². The number of esters is 1.